The fourth-order valence-electron chi connectivity index (χ4n) is 2.33. The first-order valence-electron chi connectivity index (χ1n) is 8.47. The monoisotopic (exact) mass is 377 g/mol. The Hall–Kier alpha value is -2.34. The van der Waals surface area contributed by atoms with Crippen LogP contribution in [0.1, 0.15) is 39.7 Å². The summed E-state index contributed by atoms with van der Waals surface area (Å²) in [5.74, 6) is 0. The van der Waals surface area contributed by atoms with Gasteiger partial charge in [-0.05, 0) is 30.2 Å². The second-order valence-electron chi connectivity index (χ2n) is 6.92. The number of benzene rings is 1. The van der Waals surface area contributed by atoms with Gasteiger partial charge >= 0.3 is 6.16 Å². The molecule has 7 heteroatoms. The lowest BCUT2D eigenvalue weighted by molar-refractivity contribution is 0.00582. The molecule has 1 aromatic carbocycles. The zero-order valence-corrected chi connectivity index (χ0v) is 16.2. The Labute approximate surface area is 158 Å². The highest BCUT2D eigenvalue weighted by atomic mass is 35.5. The number of carbonyl (C=O) groups is 1. The zero-order valence-electron chi connectivity index (χ0n) is 15.5. The Morgan fingerprint density at radius 2 is 2.00 bits per heavy atom. The number of hydrogen-bond donors (Lipinski definition) is 0. The Bertz CT molecular complexity index is 734. The highest BCUT2D eigenvalue weighted by Gasteiger charge is 2.34. The van der Waals surface area contributed by atoms with Gasteiger partial charge in [0.1, 0.15) is 12.7 Å². The van der Waals surface area contributed by atoms with Gasteiger partial charge in [0.15, 0.2) is 6.10 Å². The number of rotatable bonds is 6. The minimum Gasteiger partial charge on any atom is -0.434 e. The highest BCUT2D eigenvalue weighted by molar-refractivity contribution is 6.30. The fourth-order valence-corrected chi connectivity index (χ4v) is 2.46. The molecule has 6 nitrogen and oxygen atoms in total. The molecule has 2 rings (SSSR count). The molecule has 0 aliphatic rings. The van der Waals surface area contributed by atoms with E-state index in [0.29, 0.717) is 17.3 Å². The molecule has 0 N–H and O–H groups in total. The van der Waals surface area contributed by atoms with E-state index in [-0.39, 0.29) is 0 Å². The third-order valence-corrected chi connectivity index (χ3v) is 3.81. The van der Waals surface area contributed by atoms with Crippen LogP contribution in [0.4, 0.5) is 4.79 Å². The molecule has 2 aromatic rings. The summed E-state index contributed by atoms with van der Waals surface area (Å²) < 4.78 is 12.3. The molecule has 0 bridgehead atoms. The van der Waals surface area contributed by atoms with Crippen LogP contribution >= 0.6 is 11.6 Å². The molecule has 0 aliphatic heterocycles. The standard InChI is InChI=1S/C19H24ClN3O3/c1-5-10-25-18(24)26-17(19(2,3)4)16(23-13-21-12-22-23)11-14-6-8-15(20)9-7-14/h6-9,11-13,17H,5,10H2,1-4H3/b16-11+. The molecule has 0 amide bonds. The average Bonchev–Trinajstić information content (AvgIpc) is 3.11. The number of hydrogen-bond acceptors (Lipinski definition) is 5. The summed E-state index contributed by atoms with van der Waals surface area (Å²) in [6, 6.07) is 7.37. The molecular weight excluding hydrogens is 354 g/mol. The number of ether oxygens (including phenoxy) is 2. The molecule has 1 atom stereocenters. The van der Waals surface area contributed by atoms with Crippen molar-refractivity contribution in [3.63, 3.8) is 0 Å². The van der Waals surface area contributed by atoms with Gasteiger partial charge in [0.2, 0.25) is 0 Å². The smallest absolute Gasteiger partial charge is 0.434 e. The molecule has 1 unspecified atom stereocenters. The summed E-state index contributed by atoms with van der Waals surface area (Å²) >= 11 is 5.97. The van der Waals surface area contributed by atoms with Crippen LogP contribution in [-0.4, -0.2) is 33.6 Å². The van der Waals surface area contributed by atoms with Crippen molar-refractivity contribution in [1.29, 1.82) is 0 Å². The lowest BCUT2D eigenvalue weighted by atomic mass is 9.86. The number of carbonyl (C=O) groups excluding carboxylic acids is 1. The van der Waals surface area contributed by atoms with Crippen molar-refractivity contribution in [2.45, 2.75) is 40.2 Å². The number of nitrogens with zero attached hydrogens (tertiary/aromatic N) is 3. The van der Waals surface area contributed by atoms with E-state index in [1.165, 1.54) is 6.33 Å². The van der Waals surface area contributed by atoms with E-state index in [0.717, 1.165) is 12.0 Å². The third kappa shape index (κ3) is 5.59. The maximum atomic E-state index is 12.1. The van der Waals surface area contributed by atoms with Gasteiger partial charge in [-0.15, -0.1) is 0 Å². The van der Waals surface area contributed by atoms with Crippen LogP contribution in [0.25, 0.3) is 11.8 Å². The van der Waals surface area contributed by atoms with E-state index in [1.54, 1.807) is 23.1 Å². The lowest BCUT2D eigenvalue weighted by Crippen LogP contribution is -2.35. The van der Waals surface area contributed by atoms with Gasteiger partial charge in [-0.25, -0.2) is 14.5 Å². The van der Waals surface area contributed by atoms with Crippen LogP contribution in [0.2, 0.25) is 5.02 Å². The van der Waals surface area contributed by atoms with Crippen LogP contribution in [0, 0.1) is 5.41 Å². The van der Waals surface area contributed by atoms with Crippen molar-refractivity contribution < 1.29 is 14.3 Å². The fraction of sp³-hybridized carbons (Fsp3) is 0.421. The van der Waals surface area contributed by atoms with Gasteiger partial charge in [0.25, 0.3) is 0 Å². The van der Waals surface area contributed by atoms with Crippen LogP contribution in [-0.2, 0) is 9.47 Å². The maximum Gasteiger partial charge on any atom is 0.508 e. The molecule has 0 aliphatic carbocycles. The summed E-state index contributed by atoms with van der Waals surface area (Å²) in [6.07, 6.45) is 4.34. The van der Waals surface area contributed by atoms with Gasteiger partial charge in [0, 0.05) is 10.4 Å². The van der Waals surface area contributed by atoms with Crippen LogP contribution in [0.15, 0.2) is 36.9 Å². The van der Waals surface area contributed by atoms with E-state index in [9.17, 15) is 4.79 Å². The predicted octanol–water partition coefficient (Wildman–Crippen LogP) is 4.91. The second kappa shape index (κ2) is 8.85. The van der Waals surface area contributed by atoms with Crippen LogP contribution in [0.5, 0.6) is 0 Å². The summed E-state index contributed by atoms with van der Waals surface area (Å²) in [5, 5.41) is 4.86. The molecule has 0 saturated heterocycles. The van der Waals surface area contributed by atoms with Gasteiger partial charge in [-0.3, -0.25) is 0 Å². The Kier molecular flexibility index (Phi) is 6.80. The van der Waals surface area contributed by atoms with E-state index >= 15 is 0 Å². The Balaban J connectivity index is 2.42. The molecule has 0 radical (unpaired) electrons. The largest absolute Gasteiger partial charge is 0.508 e. The van der Waals surface area contributed by atoms with Gasteiger partial charge < -0.3 is 9.47 Å². The van der Waals surface area contributed by atoms with Crippen molar-refractivity contribution in [3.8, 4) is 0 Å². The first-order chi connectivity index (χ1) is 12.3. The molecule has 26 heavy (non-hydrogen) atoms. The first kappa shape index (κ1) is 20.0. The second-order valence-corrected chi connectivity index (χ2v) is 7.36. The Morgan fingerprint density at radius 3 is 2.54 bits per heavy atom. The molecule has 0 fully saturated rings. The average molecular weight is 378 g/mol. The van der Waals surface area contributed by atoms with Crippen LogP contribution < -0.4 is 0 Å². The van der Waals surface area contributed by atoms with Gasteiger partial charge in [0.05, 0.1) is 12.3 Å². The van der Waals surface area contributed by atoms with Gasteiger partial charge in [-0.1, -0.05) is 51.4 Å². The summed E-state index contributed by atoms with van der Waals surface area (Å²) in [5.41, 5.74) is 1.18. The van der Waals surface area contributed by atoms with E-state index in [1.807, 2.05) is 45.9 Å². The molecule has 0 saturated carbocycles. The lowest BCUT2D eigenvalue weighted by Gasteiger charge is -2.31. The number of aromatic nitrogens is 3. The summed E-state index contributed by atoms with van der Waals surface area (Å²) in [4.78, 5) is 16.1. The molecule has 140 valence electrons. The summed E-state index contributed by atoms with van der Waals surface area (Å²) in [6.45, 7) is 8.19. The van der Waals surface area contributed by atoms with Crippen molar-refractivity contribution in [2.75, 3.05) is 6.61 Å². The van der Waals surface area contributed by atoms with Crippen molar-refractivity contribution in [1.82, 2.24) is 14.8 Å². The quantitative estimate of drug-likeness (QED) is 0.669. The van der Waals surface area contributed by atoms with Gasteiger partial charge in [-0.2, -0.15) is 5.10 Å². The topological polar surface area (TPSA) is 66.2 Å². The summed E-state index contributed by atoms with van der Waals surface area (Å²) in [7, 11) is 0. The Morgan fingerprint density at radius 1 is 1.31 bits per heavy atom. The SMILES string of the molecule is CCCOC(=O)OC(/C(=C\c1ccc(Cl)cc1)n1cncn1)C(C)(C)C. The van der Waals surface area contributed by atoms with Crippen molar-refractivity contribution in [2.24, 2.45) is 5.41 Å². The minimum atomic E-state index is -0.700. The molecule has 1 heterocycles. The first-order valence-corrected chi connectivity index (χ1v) is 8.84. The molecule has 1 aromatic heterocycles. The van der Waals surface area contributed by atoms with E-state index in [4.69, 9.17) is 21.1 Å². The van der Waals surface area contributed by atoms with E-state index < -0.39 is 17.7 Å². The molecular formula is C19H24ClN3O3. The van der Waals surface area contributed by atoms with Crippen molar-refractivity contribution in [3.05, 3.63) is 47.5 Å². The third-order valence-electron chi connectivity index (χ3n) is 3.56. The minimum absolute atomic E-state index is 0.315. The predicted molar refractivity (Wildman–Crippen MR) is 102 cm³/mol. The normalized spacial score (nSPS) is 13.3. The molecule has 0 spiro atoms. The maximum absolute atomic E-state index is 12.1. The van der Waals surface area contributed by atoms with E-state index in [2.05, 4.69) is 10.1 Å². The highest BCUT2D eigenvalue weighted by Crippen LogP contribution is 2.32. The number of halogens is 1. The van der Waals surface area contributed by atoms with Crippen molar-refractivity contribution >= 4 is 29.5 Å². The zero-order chi connectivity index (χ0) is 19.2. The van der Waals surface area contributed by atoms with Crippen LogP contribution in [0.3, 0.4) is 0 Å².